The average Bonchev–Trinajstić information content (AvgIpc) is 3.03. The van der Waals surface area contributed by atoms with E-state index in [0.717, 1.165) is 0 Å². The van der Waals surface area contributed by atoms with Crippen LogP contribution in [-0.4, -0.2) is 46.6 Å². The van der Waals surface area contributed by atoms with E-state index in [1.165, 1.54) is 12.3 Å². The van der Waals surface area contributed by atoms with Gasteiger partial charge in [-0.1, -0.05) is 12.1 Å². The van der Waals surface area contributed by atoms with Gasteiger partial charge in [-0.05, 0) is 12.1 Å². The van der Waals surface area contributed by atoms with E-state index >= 15 is 0 Å². The van der Waals surface area contributed by atoms with Crippen LogP contribution in [0.4, 0.5) is 4.39 Å². The Kier molecular flexibility index (Phi) is 4.40. The number of amides is 1. The third-order valence-electron chi connectivity index (χ3n) is 4.03. The van der Waals surface area contributed by atoms with Crippen LogP contribution in [0, 0.1) is 5.82 Å². The van der Waals surface area contributed by atoms with Crippen molar-refractivity contribution in [2.75, 3.05) is 19.8 Å². The number of rotatable bonds is 4. The molecule has 1 aliphatic rings. The van der Waals surface area contributed by atoms with E-state index in [0.29, 0.717) is 31.7 Å². The van der Waals surface area contributed by atoms with Gasteiger partial charge in [0, 0.05) is 38.2 Å². The van der Waals surface area contributed by atoms with Gasteiger partial charge >= 0.3 is 0 Å². The molecular weight excluding hydrogens is 301 g/mol. The minimum absolute atomic E-state index is 0.122. The molecule has 6 nitrogen and oxygen atoms in total. The molecule has 0 radical (unpaired) electrons. The van der Waals surface area contributed by atoms with Gasteiger partial charge in [0.05, 0.1) is 23.1 Å². The van der Waals surface area contributed by atoms with Crippen LogP contribution in [0.1, 0.15) is 23.2 Å². The lowest BCUT2D eigenvalue weighted by atomic mass is 9.94. The van der Waals surface area contributed by atoms with Crippen LogP contribution in [0.5, 0.6) is 0 Å². The van der Waals surface area contributed by atoms with Gasteiger partial charge in [0.2, 0.25) is 0 Å². The molecule has 7 heteroatoms. The number of carbonyl (C=O) groups excluding carboxylic acids is 1. The van der Waals surface area contributed by atoms with Gasteiger partial charge in [0.25, 0.3) is 5.91 Å². The van der Waals surface area contributed by atoms with Crippen LogP contribution < -0.4 is 5.32 Å². The number of H-pyrrole nitrogens is 1. The molecule has 1 aliphatic heterocycles. The Balaban J connectivity index is 1.74. The zero-order chi connectivity index (χ0) is 16.3. The Morgan fingerprint density at radius 3 is 2.87 bits per heavy atom. The quantitative estimate of drug-likeness (QED) is 0.797. The van der Waals surface area contributed by atoms with E-state index in [-0.39, 0.29) is 17.7 Å². The molecule has 2 aromatic rings. The first-order chi connectivity index (χ1) is 11.1. The summed E-state index contributed by atoms with van der Waals surface area (Å²) in [5, 5.41) is 19.6. The van der Waals surface area contributed by atoms with Gasteiger partial charge in [0.1, 0.15) is 5.82 Å². The van der Waals surface area contributed by atoms with Crippen molar-refractivity contribution < 1.29 is 19.0 Å². The number of aromatic nitrogens is 2. The minimum atomic E-state index is -0.962. The zero-order valence-corrected chi connectivity index (χ0v) is 12.5. The summed E-state index contributed by atoms with van der Waals surface area (Å²) in [5.74, 6) is -0.842. The monoisotopic (exact) mass is 319 g/mol. The first-order valence-electron chi connectivity index (χ1n) is 7.46. The topological polar surface area (TPSA) is 87.2 Å². The SMILES string of the molecule is O=C(NCC1(O)CCOCC1)c1cn[nH]c1-c1ccccc1F. The van der Waals surface area contributed by atoms with Crippen LogP contribution in [0.2, 0.25) is 0 Å². The Bertz CT molecular complexity index is 695. The second-order valence-electron chi connectivity index (χ2n) is 5.66. The van der Waals surface area contributed by atoms with Gasteiger partial charge in [-0.3, -0.25) is 9.89 Å². The number of hydrogen-bond acceptors (Lipinski definition) is 4. The number of ether oxygens (including phenoxy) is 1. The number of aromatic amines is 1. The highest BCUT2D eigenvalue weighted by Gasteiger charge is 2.30. The van der Waals surface area contributed by atoms with E-state index in [2.05, 4.69) is 15.5 Å². The minimum Gasteiger partial charge on any atom is -0.388 e. The Morgan fingerprint density at radius 2 is 2.13 bits per heavy atom. The van der Waals surface area contributed by atoms with Crippen LogP contribution in [-0.2, 0) is 4.74 Å². The summed E-state index contributed by atoms with van der Waals surface area (Å²) >= 11 is 0. The van der Waals surface area contributed by atoms with E-state index in [4.69, 9.17) is 4.74 Å². The van der Waals surface area contributed by atoms with Crippen LogP contribution in [0.25, 0.3) is 11.3 Å². The molecule has 0 aliphatic carbocycles. The molecular formula is C16H18FN3O3. The molecule has 122 valence electrons. The number of halogens is 1. The lowest BCUT2D eigenvalue weighted by Gasteiger charge is -2.32. The Morgan fingerprint density at radius 1 is 1.39 bits per heavy atom. The molecule has 0 saturated carbocycles. The third-order valence-corrected chi connectivity index (χ3v) is 4.03. The van der Waals surface area contributed by atoms with E-state index in [1.807, 2.05) is 0 Å². The van der Waals surface area contributed by atoms with Crippen LogP contribution in [0.3, 0.4) is 0 Å². The highest BCUT2D eigenvalue weighted by atomic mass is 19.1. The molecule has 3 N–H and O–H groups in total. The maximum absolute atomic E-state index is 13.9. The number of hydrogen-bond donors (Lipinski definition) is 3. The molecule has 1 aromatic carbocycles. The molecule has 23 heavy (non-hydrogen) atoms. The van der Waals surface area contributed by atoms with E-state index in [9.17, 15) is 14.3 Å². The van der Waals surface area contributed by atoms with Crippen molar-refractivity contribution in [2.24, 2.45) is 0 Å². The molecule has 1 amide bonds. The molecule has 0 atom stereocenters. The predicted octanol–water partition coefficient (Wildman–Crippen LogP) is 1.49. The molecule has 1 fully saturated rings. The highest BCUT2D eigenvalue weighted by Crippen LogP contribution is 2.24. The largest absolute Gasteiger partial charge is 0.388 e. The Labute approximate surface area is 132 Å². The van der Waals surface area contributed by atoms with Crippen LogP contribution in [0.15, 0.2) is 30.5 Å². The Hall–Kier alpha value is -2.25. The number of nitrogens with zero attached hydrogens (tertiary/aromatic N) is 1. The molecule has 1 saturated heterocycles. The van der Waals surface area contributed by atoms with E-state index in [1.54, 1.807) is 18.2 Å². The second kappa shape index (κ2) is 6.47. The standard InChI is InChI=1S/C16H18FN3O3/c17-13-4-2-1-3-11(13)14-12(9-19-20-14)15(21)18-10-16(22)5-7-23-8-6-16/h1-4,9,22H,5-8,10H2,(H,18,21)(H,19,20). The van der Waals surface area contributed by atoms with Crippen LogP contribution >= 0.6 is 0 Å². The van der Waals surface area contributed by atoms with Gasteiger partial charge in [-0.15, -0.1) is 0 Å². The summed E-state index contributed by atoms with van der Waals surface area (Å²) in [5.41, 5.74) is -0.124. The predicted molar refractivity (Wildman–Crippen MR) is 81.3 cm³/mol. The summed E-state index contributed by atoms with van der Waals surface area (Å²) in [7, 11) is 0. The van der Waals surface area contributed by atoms with Crippen molar-refractivity contribution in [3.05, 3.63) is 41.8 Å². The summed E-state index contributed by atoms with van der Waals surface area (Å²) in [6.07, 6.45) is 2.29. The van der Waals surface area contributed by atoms with E-state index < -0.39 is 17.3 Å². The van der Waals surface area contributed by atoms with Crippen molar-refractivity contribution in [2.45, 2.75) is 18.4 Å². The lowest BCUT2D eigenvalue weighted by Crippen LogP contribution is -2.46. The lowest BCUT2D eigenvalue weighted by molar-refractivity contribution is -0.0605. The van der Waals surface area contributed by atoms with Crippen molar-refractivity contribution in [1.29, 1.82) is 0 Å². The molecule has 2 heterocycles. The summed E-state index contributed by atoms with van der Waals surface area (Å²) in [6, 6.07) is 6.16. The van der Waals surface area contributed by atoms with Gasteiger partial charge < -0.3 is 15.2 Å². The van der Waals surface area contributed by atoms with Gasteiger partial charge in [-0.2, -0.15) is 5.10 Å². The first kappa shape index (κ1) is 15.6. The van der Waals surface area contributed by atoms with Crippen molar-refractivity contribution in [3.63, 3.8) is 0 Å². The fourth-order valence-electron chi connectivity index (χ4n) is 2.60. The zero-order valence-electron chi connectivity index (χ0n) is 12.5. The van der Waals surface area contributed by atoms with Gasteiger partial charge in [0.15, 0.2) is 0 Å². The summed E-state index contributed by atoms with van der Waals surface area (Å²) in [4.78, 5) is 12.4. The smallest absolute Gasteiger partial charge is 0.255 e. The first-order valence-corrected chi connectivity index (χ1v) is 7.46. The van der Waals surface area contributed by atoms with Gasteiger partial charge in [-0.25, -0.2) is 4.39 Å². The maximum atomic E-state index is 13.9. The molecule has 0 spiro atoms. The molecule has 0 unspecified atom stereocenters. The van der Waals surface area contributed by atoms with Crippen molar-refractivity contribution in [3.8, 4) is 11.3 Å². The number of carbonyl (C=O) groups is 1. The number of aliphatic hydroxyl groups is 1. The fourth-order valence-corrected chi connectivity index (χ4v) is 2.60. The van der Waals surface area contributed by atoms with Crippen molar-refractivity contribution >= 4 is 5.91 Å². The summed E-state index contributed by atoms with van der Waals surface area (Å²) < 4.78 is 19.1. The fraction of sp³-hybridized carbons (Fsp3) is 0.375. The second-order valence-corrected chi connectivity index (χ2v) is 5.66. The normalized spacial score (nSPS) is 17.0. The molecule has 0 bridgehead atoms. The third kappa shape index (κ3) is 3.40. The summed E-state index contributed by atoms with van der Waals surface area (Å²) in [6.45, 7) is 1.06. The number of benzene rings is 1. The molecule has 3 rings (SSSR count). The average molecular weight is 319 g/mol. The number of nitrogens with one attached hydrogen (secondary N) is 2. The molecule has 1 aromatic heterocycles. The van der Waals surface area contributed by atoms with Crippen molar-refractivity contribution in [1.82, 2.24) is 15.5 Å². The highest BCUT2D eigenvalue weighted by molar-refractivity contribution is 5.99. The maximum Gasteiger partial charge on any atom is 0.255 e.